The molecular formula is C21H14BrFO. The minimum Gasteiger partial charge on any atom is -0.489 e. The van der Waals surface area contributed by atoms with Gasteiger partial charge in [-0.2, -0.15) is 0 Å². The zero-order valence-corrected chi connectivity index (χ0v) is 14.4. The molecule has 0 atom stereocenters. The maximum absolute atomic E-state index is 13.5. The molecule has 0 bridgehead atoms. The SMILES string of the molecule is Fc1cc(C#Cc2ccc(OCc3ccccc3)cc2)ccc1Br. The van der Waals surface area contributed by atoms with Crippen LogP contribution >= 0.6 is 15.9 Å². The minimum absolute atomic E-state index is 0.313. The molecule has 24 heavy (non-hydrogen) atoms. The van der Waals surface area contributed by atoms with E-state index in [1.54, 1.807) is 12.1 Å². The second-order valence-corrected chi connectivity index (χ2v) is 6.03. The van der Waals surface area contributed by atoms with Crippen LogP contribution in [0.1, 0.15) is 16.7 Å². The maximum atomic E-state index is 13.5. The maximum Gasteiger partial charge on any atom is 0.138 e. The highest BCUT2D eigenvalue weighted by molar-refractivity contribution is 9.10. The van der Waals surface area contributed by atoms with Crippen molar-refractivity contribution in [1.29, 1.82) is 0 Å². The molecule has 0 aliphatic carbocycles. The van der Waals surface area contributed by atoms with E-state index in [1.807, 2.05) is 54.6 Å². The third-order valence-electron chi connectivity index (χ3n) is 3.37. The third kappa shape index (κ3) is 4.47. The molecule has 3 aromatic carbocycles. The van der Waals surface area contributed by atoms with Gasteiger partial charge in [-0.05, 0) is 64.0 Å². The molecule has 3 heteroatoms. The highest BCUT2D eigenvalue weighted by Gasteiger charge is 1.98. The van der Waals surface area contributed by atoms with Crippen LogP contribution < -0.4 is 4.74 Å². The van der Waals surface area contributed by atoms with Crippen LogP contribution in [0.15, 0.2) is 77.3 Å². The Hall–Kier alpha value is -2.57. The first kappa shape index (κ1) is 16.3. The van der Waals surface area contributed by atoms with E-state index in [0.717, 1.165) is 16.9 Å². The Morgan fingerprint density at radius 2 is 1.50 bits per heavy atom. The number of rotatable bonds is 3. The van der Waals surface area contributed by atoms with Crippen molar-refractivity contribution in [3.63, 3.8) is 0 Å². The normalized spacial score (nSPS) is 9.92. The number of ether oxygens (including phenoxy) is 1. The predicted octanol–water partition coefficient (Wildman–Crippen LogP) is 5.57. The van der Waals surface area contributed by atoms with E-state index < -0.39 is 0 Å². The molecule has 0 N–H and O–H groups in total. The monoisotopic (exact) mass is 380 g/mol. The van der Waals surface area contributed by atoms with Gasteiger partial charge in [0, 0.05) is 11.1 Å². The summed E-state index contributed by atoms with van der Waals surface area (Å²) < 4.78 is 19.6. The molecule has 118 valence electrons. The Labute approximate surface area is 149 Å². The van der Waals surface area contributed by atoms with E-state index in [0.29, 0.717) is 16.6 Å². The largest absolute Gasteiger partial charge is 0.489 e. The van der Waals surface area contributed by atoms with Gasteiger partial charge in [0.1, 0.15) is 18.2 Å². The first-order valence-electron chi connectivity index (χ1n) is 7.44. The van der Waals surface area contributed by atoms with Gasteiger partial charge in [0.25, 0.3) is 0 Å². The Kier molecular flexibility index (Phi) is 5.30. The van der Waals surface area contributed by atoms with Gasteiger partial charge >= 0.3 is 0 Å². The smallest absolute Gasteiger partial charge is 0.138 e. The Morgan fingerprint density at radius 3 is 2.21 bits per heavy atom. The zero-order chi connectivity index (χ0) is 16.8. The van der Waals surface area contributed by atoms with Crippen molar-refractivity contribution in [1.82, 2.24) is 0 Å². The topological polar surface area (TPSA) is 9.23 Å². The molecule has 0 saturated heterocycles. The minimum atomic E-state index is -0.313. The van der Waals surface area contributed by atoms with Crippen LogP contribution in [0.4, 0.5) is 4.39 Å². The summed E-state index contributed by atoms with van der Waals surface area (Å²) in [5.41, 5.74) is 2.61. The molecule has 0 spiro atoms. The second kappa shape index (κ2) is 7.81. The van der Waals surface area contributed by atoms with Gasteiger partial charge in [-0.15, -0.1) is 0 Å². The van der Waals surface area contributed by atoms with Gasteiger partial charge in [0.05, 0.1) is 4.47 Å². The average Bonchev–Trinajstić information content (AvgIpc) is 2.63. The average molecular weight is 381 g/mol. The van der Waals surface area contributed by atoms with Gasteiger partial charge in [-0.25, -0.2) is 4.39 Å². The van der Waals surface area contributed by atoms with Crippen molar-refractivity contribution >= 4 is 15.9 Å². The van der Waals surface area contributed by atoms with E-state index in [2.05, 4.69) is 27.8 Å². The lowest BCUT2D eigenvalue weighted by molar-refractivity contribution is 0.306. The van der Waals surface area contributed by atoms with Crippen LogP contribution in [0.25, 0.3) is 0 Å². The van der Waals surface area contributed by atoms with Crippen molar-refractivity contribution in [3.8, 4) is 17.6 Å². The van der Waals surface area contributed by atoms with E-state index in [1.165, 1.54) is 6.07 Å². The van der Waals surface area contributed by atoms with Crippen LogP contribution in [0.3, 0.4) is 0 Å². The molecule has 0 aliphatic rings. The molecule has 0 aliphatic heterocycles. The van der Waals surface area contributed by atoms with E-state index in [9.17, 15) is 4.39 Å². The summed E-state index contributed by atoms with van der Waals surface area (Å²) in [7, 11) is 0. The fourth-order valence-electron chi connectivity index (χ4n) is 2.09. The number of hydrogen-bond donors (Lipinski definition) is 0. The standard InChI is InChI=1S/C21H14BrFO/c22-20-13-10-17(14-21(20)23)7-6-16-8-11-19(12-9-16)24-15-18-4-2-1-3-5-18/h1-5,8-14H,15H2. The Bertz CT molecular complexity index is 877. The summed E-state index contributed by atoms with van der Waals surface area (Å²) in [6.45, 7) is 0.532. The predicted molar refractivity (Wildman–Crippen MR) is 97.3 cm³/mol. The highest BCUT2D eigenvalue weighted by atomic mass is 79.9. The van der Waals surface area contributed by atoms with Crippen LogP contribution in [-0.4, -0.2) is 0 Å². The molecule has 1 nitrogen and oxygen atoms in total. The fraction of sp³-hybridized carbons (Fsp3) is 0.0476. The third-order valence-corrected chi connectivity index (χ3v) is 4.02. The number of benzene rings is 3. The Morgan fingerprint density at radius 1 is 0.833 bits per heavy atom. The van der Waals surface area contributed by atoms with Gasteiger partial charge < -0.3 is 4.74 Å². The fourth-order valence-corrected chi connectivity index (χ4v) is 2.34. The van der Waals surface area contributed by atoms with Gasteiger partial charge in [0.2, 0.25) is 0 Å². The lowest BCUT2D eigenvalue weighted by Crippen LogP contribution is -1.94. The molecule has 0 unspecified atom stereocenters. The summed E-state index contributed by atoms with van der Waals surface area (Å²) in [5.74, 6) is 6.45. The number of hydrogen-bond acceptors (Lipinski definition) is 1. The van der Waals surface area contributed by atoms with E-state index in [4.69, 9.17) is 4.74 Å². The van der Waals surface area contributed by atoms with Crippen molar-refractivity contribution in [2.24, 2.45) is 0 Å². The first-order valence-corrected chi connectivity index (χ1v) is 8.24. The molecule has 0 saturated carbocycles. The van der Waals surface area contributed by atoms with Crippen molar-refractivity contribution in [3.05, 3.63) is 99.8 Å². The molecular weight excluding hydrogens is 367 g/mol. The summed E-state index contributed by atoms with van der Waals surface area (Å²) in [4.78, 5) is 0. The highest BCUT2D eigenvalue weighted by Crippen LogP contribution is 2.16. The van der Waals surface area contributed by atoms with Gasteiger partial charge in [-0.3, -0.25) is 0 Å². The molecule has 0 radical (unpaired) electrons. The van der Waals surface area contributed by atoms with Crippen LogP contribution in [0, 0.1) is 17.7 Å². The lowest BCUT2D eigenvalue weighted by atomic mass is 10.2. The second-order valence-electron chi connectivity index (χ2n) is 5.18. The summed E-state index contributed by atoms with van der Waals surface area (Å²) in [5, 5.41) is 0. The molecule has 0 amide bonds. The summed E-state index contributed by atoms with van der Waals surface area (Å²) >= 11 is 3.13. The molecule has 3 aromatic rings. The van der Waals surface area contributed by atoms with Gasteiger partial charge in [-0.1, -0.05) is 42.2 Å². The van der Waals surface area contributed by atoms with Crippen LogP contribution in [-0.2, 0) is 6.61 Å². The molecule has 0 fully saturated rings. The lowest BCUT2D eigenvalue weighted by Gasteiger charge is -2.05. The van der Waals surface area contributed by atoms with Crippen molar-refractivity contribution in [2.45, 2.75) is 6.61 Å². The zero-order valence-electron chi connectivity index (χ0n) is 12.8. The molecule has 0 aromatic heterocycles. The summed E-state index contributed by atoms with van der Waals surface area (Å²) in [6, 6.07) is 22.4. The van der Waals surface area contributed by atoms with E-state index >= 15 is 0 Å². The van der Waals surface area contributed by atoms with Crippen LogP contribution in [0.5, 0.6) is 5.75 Å². The van der Waals surface area contributed by atoms with E-state index in [-0.39, 0.29) is 5.82 Å². The number of halogens is 2. The van der Waals surface area contributed by atoms with Crippen molar-refractivity contribution in [2.75, 3.05) is 0 Å². The van der Waals surface area contributed by atoms with Crippen molar-refractivity contribution < 1.29 is 9.13 Å². The Balaban J connectivity index is 1.64. The summed E-state index contributed by atoms with van der Waals surface area (Å²) in [6.07, 6.45) is 0. The van der Waals surface area contributed by atoms with Gasteiger partial charge in [0.15, 0.2) is 0 Å². The quantitative estimate of drug-likeness (QED) is 0.540. The first-order chi connectivity index (χ1) is 11.7. The van der Waals surface area contributed by atoms with Crippen LogP contribution in [0.2, 0.25) is 0 Å². The molecule has 0 heterocycles. The molecule has 3 rings (SSSR count).